The van der Waals surface area contributed by atoms with Crippen LogP contribution >= 0.6 is 11.3 Å². The van der Waals surface area contributed by atoms with E-state index in [4.69, 9.17) is 9.72 Å². The van der Waals surface area contributed by atoms with Crippen LogP contribution in [0.2, 0.25) is 0 Å². The summed E-state index contributed by atoms with van der Waals surface area (Å²) in [5, 5.41) is 0.685. The first-order valence-corrected chi connectivity index (χ1v) is 10.5. The molecule has 0 aliphatic heterocycles. The number of amides is 1. The average molecular weight is 418 g/mol. The molecule has 4 rings (SSSR count). The van der Waals surface area contributed by atoms with Gasteiger partial charge in [-0.2, -0.15) is 0 Å². The molecule has 0 aliphatic rings. The molecule has 0 spiro atoms. The van der Waals surface area contributed by atoms with E-state index < -0.39 is 0 Å². The van der Waals surface area contributed by atoms with Crippen molar-refractivity contribution in [1.29, 1.82) is 0 Å². The molecule has 0 aliphatic carbocycles. The standard InChI is InChI=1S/C24H23N3O2S/c1-16-4-5-19(17(2)12-16)13-23(28)27(15-18-8-10-25-11-9-18)24-26-21-14-20(29-3)6-7-22(21)30-24/h4-12,14H,13,15H2,1-3H3. The maximum atomic E-state index is 13.4. The number of hydrogen-bond donors (Lipinski definition) is 0. The van der Waals surface area contributed by atoms with E-state index in [1.54, 1.807) is 24.4 Å². The Morgan fingerprint density at radius 2 is 1.87 bits per heavy atom. The smallest absolute Gasteiger partial charge is 0.233 e. The molecular weight excluding hydrogens is 394 g/mol. The van der Waals surface area contributed by atoms with Gasteiger partial charge in [0.15, 0.2) is 5.13 Å². The predicted molar refractivity (Wildman–Crippen MR) is 121 cm³/mol. The van der Waals surface area contributed by atoms with Crippen molar-refractivity contribution in [1.82, 2.24) is 9.97 Å². The molecule has 0 unspecified atom stereocenters. The number of benzene rings is 2. The molecule has 0 atom stereocenters. The Balaban J connectivity index is 1.69. The van der Waals surface area contributed by atoms with Crippen LogP contribution in [0.1, 0.15) is 22.3 Å². The Morgan fingerprint density at radius 3 is 2.60 bits per heavy atom. The van der Waals surface area contributed by atoms with Gasteiger partial charge in [-0.25, -0.2) is 4.98 Å². The van der Waals surface area contributed by atoms with Gasteiger partial charge < -0.3 is 4.74 Å². The van der Waals surface area contributed by atoms with Gasteiger partial charge in [0.25, 0.3) is 0 Å². The number of aromatic nitrogens is 2. The quantitative estimate of drug-likeness (QED) is 0.438. The van der Waals surface area contributed by atoms with E-state index in [-0.39, 0.29) is 5.91 Å². The minimum atomic E-state index is 0.0183. The SMILES string of the molecule is COc1ccc2sc(N(Cc3ccncc3)C(=O)Cc3ccc(C)cc3C)nc2c1. The number of anilines is 1. The van der Waals surface area contributed by atoms with Crippen molar-refractivity contribution < 1.29 is 9.53 Å². The van der Waals surface area contributed by atoms with E-state index in [0.29, 0.717) is 18.1 Å². The number of rotatable bonds is 6. The maximum absolute atomic E-state index is 13.4. The Morgan fingerprint density at radius 1 is 1.07 bits per heavy atom. The third-order valence-electron chi connectivity index (χ3n) is 5.05. The Labute approximate surface area is 180 Å². The number of nitrogens with zero attached hydrogens (tertiary/aromatic N) is 3. The highest BCUT2D eigenvalue weighted by Gasteiger charge is 2.21. The van der Waals surface area contributed by atoms with Crippen LogP contribution in [0.4, 0.5) is 5.13 Å². The van der Waals surface area contributed by atoms with Crippen molar-refractivity contribution in [3.63, 3.8) is 0 Å². The van der Waals surface area contributed by atoms with Gasteiger partial charge in [0.1, 0.15) is 5.75 Å². The molecule has 0 N–H and O–H groups in total. The molecule has 152 valence electrons. The lowest BCUT2D eigenvalue weighted by molar-refractivity contribution is -0.118. The second-order valence-corrected chi connectivity index (χ2v) is 8.28. The summed E-state index contributed by atoms with van der Waals surface area (Å²) in [6.07, 6.45) is 3.81. The van der Waals surface area contributed by atoms with Crippen LogP contribution in [0.5, 0.6) is 5.75 Å². The molecule has 4 aromatic rings. The van der Waals surface area contributed by atoms with Gasteiger partial charge in [-0.1, -0.05) is 35.1 Å². The summed E-state index contributed by atoms with van der Waals surface area (Å²) in [6.45, 7) is 4.56. The van der Waals surface area contributed by atoms with Crippen molar-refractivity contribution >= 4 is 32.6 Å². The minimum Gasteiger partial charge on any atom is -0.497 e. The number of fused-ring (bicyclic) bond motifs is 1. The van der Waals surface area contributed by atoms with Gasteiger partial charge in [-0.15, -0.1) is 0 Å². The Kier molecular flexibility index (Phi) is 5.77. The third kappa shape index (κ3) is 4.33. The number of pyridine rings is 1. The number of carbonyl (C=O) groups is 1. The number of hydrogen-bond acceptors (Lipinski definition) is 5. The number of methoxy groups -OCH3 is 1. The van der Waals surface area contributed by atoms with Gasteiger partial charge >= 0.3 is 0 Å². The summed E-state index contributed by atoms with van der Waals surface area (Å²) in [7, 11) is 1.64. The molecule has 0 radical (unpaired) electrons. The van der Waals surface area contributed by atoms with E-state index in [2.05, 4.69) is 18.0 Å². The lowest BCUT2D eigenvalue weighted by Crippen LogP contribution is -2.31. The average Bonchev–Trinajstić information content (AvgIpc) is 3.17. The lowest BCUT2D eigenvalue weighted by Gasteiger charge is -2.20. The molecule has 0 fully saturated rings. The first-order valence-electron chi connectivity index (χ1n) is 9.73. The van der Waals surface area contributed by atoms with Gasteiger partial charge in [-0.3, -0.25) is 14.7 Å². The maximum Gasteiger partial charge on any atom is 0.233 e. The summed E-state index contributed by atoms with van der Waals surface area (Å²) in [5.41, 5.74) is 5.19. The normalized spacial score (nSPS) is 10.9. The fourth-order valence-electron chi connectivity index (χ4n) is 3.37. The monoisotopic (exact) mass is 417 g/mol. The van der Waals surface area contributed by atoms with Crippen LogP contribution in [0.3, 0.4) is 0 Å². The minimum absolute atomic E-state index is 0.0183. The number of thiazole rings is 1. The van der Waals surface area contributed by atoms with Gasteiger partial charge in [0, 0.05) is 18.5 Å². The summed E-state index contributed by atoms with van der Waals surface area (Å²) in [4.78, 5) is 24.0. The number of aryl methyl sites for hydroxylation is 2. The van der Waals surface area contributed by atoms with E-state index in [9.17, 15) is 4.79 Å². The second-order valence-electron chi connectivity index (χ2n) is 7.27. The zero-order valence-corrected chi connectivity index (χ0v) is 18.1. The van der Waals surface area contributed by atoms with E-state index in [1.165, 1.54) is 16.9 Å². The molecule has 6 heteroatoms. The van der Waals surface area contributed by atoms with Crippen LogP contribution in [0, 0.1) is 13.8 Å². The first-order chi connectivity index (χ1) is 14.5. The molecule has 0 saturated carbocycles. The van der Waals surface area contributed by atoms with Crippen molar-refractivity contribution in [3.8, 4) is 5.75 Å². The van der Waals surface area contributed by atoms with Crippen molar-refractivity contribution in [2.24, 2.45) is 0 Å². The van der Waals surface area contributed by atoms with Crippen LogP contribution in [0.25, 0.3) is 10.2 Å². The zero-order chi connectivity index (χ0) is 21.1. The second kappa shape index (κ2) is 8.63. The highest BCUT2D eigenvalue weighted by atomic mass is 32.1. The zero-order valence-electron chi connectivity index (χ0n) is 17.3. The van der Waals surface area contributed by atoms with Crippen LogP contribution in [-0.2, 0) is 17.8 Å². The van der Waals surface area contributed by atoms with Crippen molar-refractivity contribution in [2.45, 2.75) is 26.8 Å². The van der Waals surface area contributed by atoms with Crippen molar-refractivity contribution in [3.05, 3.63) is 83.2 Å². The predicted octanol–water partition coefficient (Wildman–Crippen LogP) is 5.09. The van der Waals surface area contributed by atoms with E-state index >= 15 is 0 Å². The summed E-state index contributed by atoms with van der Waals surface area (Å²) >= 11 is 1.51. The molecule has 0 saturated heterocycles. The van der Waals surface area contributed by atoms with Gasteiger partial charge in [0.2, 0.25) is 5.91 Å². The Hall–Kier alpha value is -3.25. The fraction of sp³-hybridized carbons (Fsp3) is 0.208. The Bertz CT molecular complexity index is 1190. The summed E-state index contributed by atoms with van der Waals surface area (Å²) in [5.74, 6) is 0.770. The molecule has 5 nitrogen and oxygen atoms in total. The highest BCUT2D eigenvalue weighted by Crippen LogP contribution is 2.32. The van der Waals surface area contributed by atoms with Crippen LogP contribution < -0.4 is 9.64 Å². The molecule has 0 bridgehead atoms. The lowest BCUT2D eigenvalue weighted by atomic mass is 10.0. The van der Waals surface area contributed by atoms with E-state index in [1.807, 2.05) is 49.4 Å². The highest BCUT2D eigenvalue weighted by molar-refractivity contribution is 7.22. The molecule has 2 heterocycles. The summed E-state index contributed by atoms with van der Waals surface area (Å²) < 4.78 is 6.33. The molecular formula is C24H23N3O2S. The van der Waals surface area contributed by atoms with Crippen LogP contribution in [-0.4, -0.2) is 23.0 Å². The number of ether oxygens (including phenoxy) is 1. The fourth-order valence-corrected chi connectivity index (χ4v) is 4.34. The third-order valence-corrected chi connectivity index (χ3v) is 6.10. The first kappa shape index (κ1) is 20.0. The molecule has 2 aromatic carbocycles. The van der Waals surface area contributed by atoms with E-state index in [0.717, 1.165) is 32.7 Å². The van der Waals surface area contributed by atoms with Crippen molar-refractivity contribution in [2.75, 3.05) is 12.0 Å². The summed E-state index contributed by atoms with van der Waals surface area (Å²) in [6, 6.07) is 15.8. The largest absolute Gasteiger partial charge is 0.497 e. The van der Waals surface area contributed by atoms with Crippen LogP contribution in [0.15, 0.2) is 60.9 Å². The number of carbonyl (C=O) groups excluding carboxylic acids is 1. The molecule has 2 aromatic heterocycles. The molecule has 1 amide bonds. The van der Waals surface area contributed by atoms with Gasteiger partial charge in [-0.05, 0) is 54.8 Å². The topological polar surface area (TPSA) is 55.3 Å². The van der Waals surface area contributed by atoms with Gasteiger partial charge in [0.05, 0.1) is 30.3 Å². The molecule has 30 heavy (non-hydrogen) atoms.